The molecule has 0 saturated carbocycles. The van der Waals surface area contributed by atoms with Gasteiger partial charge in [0.2, 0.25) is 21.8 Å². The molecule has 10 nitrogen and oxygen atoms in total. The molecule has 27 heavy (non-hydrogen) atoms. The highest BCUT2D eigenvalue weighted by molar-refractivity contribution is 7.89. The molecular weight excluding hydrogens is 374 g/mol. The Morgan fingerprint density at radius 3 is 2.74 bits per heavy atom. The van der Waals surface area contributed by atoms with E-state index < -0.39 is 15.9 Å². The molecule has 2 amide bonds. The Morgan fingerprint density at radius 2 is 2.11 bits per heavy atom. The fourth-order valence-electron chi connectivity index (χ4n) is 3.29. The van der Waals surface area contributed by atoms with Crippen LogP contribution in [0.15, 0.2) is 17.3 Å². The van der Waals surface area contributed by atoms with Gasteiger partial charge < -0.3 is 15.0 Å². The lowest BCUT2D eigenvalue weighted by Gasteiger charge is -2.42. The number of hydrogen-bond donors (Lipinski definition) is 1. The van der Waals surface area contributed by atoms with E-state index >= 15 is 0 Å². The monoisotopic (exact) mass is 399 g/mol. The van der Waals surface area contributed by atoms with Crippen molar-refractivity contribution in [1.29, 1.82) is 0 Å². The molecule has 0 spiro atoms. The summed E-state index contributed by atoms with van der Waals surface area (Å²) < 4.78 is 33.0. The van der Waals surface area contributed by atoms with Gasteiger partial charge in [0, 0.05) is 52.5 Å². The van der Waals surface area contributed by atoms with Gasteiger partial charge in [-0.3, -0.25) is 14.3 Å². The van der Waals surface area contributed by atoms with Crippen LogP contribution in [0.1, 0.15) is 13.3 Å². The summed E-state index contributed by atoms with van der Waals surface area (Å²) in [6.07, 6.45) is 3.00. The van der Waals surface area contributed by atoms with Crippen LogP contribution in [0.3, 0.4) is 0 Å². The number of ether oxygens (including phenoxy) is 1. The zero-order valence-electron chi connectivity index (χ0n) is 15.5. The Labute approximate surface area is 158 Å². The minimum Gasteiger partial charge on any atom is -0.383 e. The van der Waals surface area contributed by atoms with E-state index in [2.05, 4.69) is 10.4 Å². The number of hydrogen-bond acceptors (Lipinski definition) is 6. The number of carbonyl (C=O) groups excluding carboxylic acids is 2. The molecule has 0 radical (unpaired) electrons. The van der Waals surface area contributed by atoms with Crippen LogP contribution in [0, 0.1) is 5.92 Å². The number of rotatable bonds is 8. The van der Waals surface area contributed by atoms with Crippen LogP contribution in [-0.4, -0.2) is 85.2 Å². The van der Waals surface area contributed by atoms with Crippen molar-refractivity contribution in [3.63, 3.8) is 0 Å². The van der Waals surface area contributed by atoms with Gasteiger partial charge in [-0.1, -0.05) is 0 Å². The maximum atomic E-state index is 12.6. The first-order valence-corrected chi connectivity index (χ1v) is 10.4. The predicted octanol–water partition coefficient (Wildman–Crippen LogP) is -1.11. The van der Waals surface area contributed by atoms with Crippen LogP contribution in [0.4, 0.5) is 0 Å². The number of aromatic nitrogens is 2. The third-order valence-electron chi connectivity index (χ3n) is 4.98. The summed E-state index contributed by atoms with van der Waals surface area (Å²) in [6.45, 7) is 4.09. The van der Waals surface area contributed by atoms with E-state index in [1.54, 1.807) is 16.7 Å². The summed E-state index contributed by atoms with van der Waals surface area (Å²) in [4.78, 5) is 26.2. The standard InChI is InChI=1S/C16H25N5O5S/c1-3-19-11-14(7-18-19)27(24,25)20-9-13(10-20)21-8-12(6-15(21)22)16(23)17-4-5-26-2/h7,11-13H,3-6,8-10H2,1-2H3,(H,17,23). The molecule has 1 N–H and O–H groups in total. The second-order valence-electron chi connectivity index (χ2n) is 6.74. The lowest BCUT2D eigenvalue weighted by molar-refractivity contribution is -0.132. The van der Waals surface area contributed by atoms with E-state index in [-0.39, 0.29) is 42.3 Å². The van der Waals surface area contributed by atoms with Crippen LogP contribution in [-0.2, 0) is 30.9 Å². The lowest BCUT2D eigenvalue weighted by Crippen LogP contribution is -2.61. The summed E-state index contributed by atoms with van der Waals surface area (Å²) in [6, 6.07) is -0.190. The Balaban J connectivity index is 1.54. The van der Waals surface area contributed by atoms with Crippen LogP contribution in [0.5, 0.6) is 0 Å². The first-order chi connectivity index (χ1) is 12.9. The molecule has 150 valence electrons. The molecule has 0 bridgehead atoms. The Bertz CT molecular complexity index is 802. The Morgan fingerprint density at radius 1 is 1.37 bits per heavy atom. The van der Waals surface area contributed by atoms with Crippen molar-refractivity contribution in [3.05, 3.63) is 12.4 Å². The largest absolute Gasteiger partial charge is 0.383 e. The van der Waals surface area contributed by atoms with Crippen molar-refractivity contribution in [2.45, 2.75) is 30.8 Å². The van der Waals surface area contributed by atoms with Crippen molar-refractivity contribution in [3.8, 4) is 0 Å². The van der Waals surface area contributed by atoms with Crippen molar-refractivity contribution in [1.82, 2.24) is 24.3 Å². The molecule has 2 saturated heterocycles. The molecule has 11 heteroatoms. The second-order valence-corrected chi connectivity index (χ2v) is 8.68. The molecule has 2 fully saturated rings. The topological polar surface area (TPSA) is 114 Å². The molecule has 0 aliphatic carbocycles. The van der Waals surface area contributed by atoms with Gasteiger partial charge in [-0.25, -0.2) is 8.42 Å². The van der Waals surface area contributed by atoms with Gasteiger partial charge >= 0.3 is 0 Å². The fourth-order valence-corrected chi connectivity index (χ4v) is 4.76. The highest BCUT2D eigenvalue weighted by atomic mass is 32.2. The second kappa shape index (κ2) is 7.95. The summed E-state index contributed by atoms with van der Waals surface area (Å²) in [5.74, 6) is -0.677. The van der Waals surface area contributed by atoms with E-state index in [0.29, 0.717) is 26.2 Å². The van der Waals surface area contributed by atoms with Gasteiger partial charge in [-0.05, 0) is 6.92 Å². The number of amides is 2. The van der Waals surface area contributed by atoms with Gasteiger partial charge in [-0.2, -0.15) is 9.40 Å². The third kappa shape index (κ3) is 3.99. The van der Waals surface area contributed by atoms with Gasteiger partial charge in [0.05, 0.1) is 24.8 Å². The van der Waals surface area contributed by atoms with E-state index in [1.165, 1.54) is 16.7 Å². The summed E-state index contributed by atoms with van der Waals surface area (Å²) in [5, 5.41) is 6.75. The van der Waals surface area contributed by atoms with Gasteiger partial charge in [0.25, 0.3) is 0 Å². The number of nitrogens with one attached hydrogen (secondary N) is 1. The van der Waals surface area contributed by atoms with Crippen molar-refractivity contribution >= 4 is 21.8 Å². The van der Waals surface area contributed by atoms with E-state index in [9.17, 15) is 18.0 Å². The maximum absolute atomic E-state index is 12.6. The Kier molecular flexibility index (Phi) is 5.82. The highest BCUT2D eigenvalue weighted by Gasteiger charge is 2.45. The van der Waals surface area contributed by atoms with Crippen molar-refractivity contribution < 1.29 is 22.7 Å². The van der Waals surface area contributed by atoms with Gasteiger partial charge in [0.15, 0.2) is 0 Å². The smallest absolute Gasteiger partial charge is 0.246 e. The normalized spacial score (nSPS) is 21.5. The highest BCUT2D eigenvalue weighted by Crippen LogP contribution is 2.28. The molecule has 3 heterocycles. The zero-order valence-corrected chi connectivity index (χ0v) is 16.3. The van der Waals surface area contributed by atoms with Crippen LogP contribution in [0.25, 0.3) is 0 Å². The first-order valence-electron chi connectivity index (χ1n) is 8.95. The van der Waals surface area contributed by atoms with Crippen LogP contribution in [0.2, 0.25) is 0 Å². The summed E-state index contributed by atoms with van der Waals surface area (Å²) in [5.41, 5.74) is 0. The molecule has 1 atom stereocenters. The van der Waals surface area contributed by atoms with Crippen LogP contribution >= 0.6 is 0 Å². The minimum atomic E-state index is -3.60. The number of likely N-dealkylation sites (tertiary alicyclic amines) is 1. The molecular formula is C16H25N5O5S. The number of aryl methyl sites for hydroxylation is 1. The number of nitrogens with zero attached hydrogens (tertiary/aromatic N) is 4. The summed E-state index contributed by atoms with van der Waals surface area (Å²) in [7, 11) is -2.05. The molecule has 3 rings (SSSR count). The number of carbonyl (C=O) groups is 2. The van der Waals surface area contributed by atoms with Crippen molar-refractivity contribution in [2.75, 3.05) is 39.9 Å². The first kappa shape index (κ1) is 19.8. The molecule has 1 aromatic heterocycles. The van der Waals surface area contributed by atoms with Crippen molar-refractivity contribution in [2.24, 2.45) is 5.92 Å². The zero-order chi connectivity index (χ0) is 19.6. The molecule has 2 aliphatic heterocycles. The lowest BCUT2D eigenvalue weighted by atomic mass is 10.1. The average molecular weight is 399 g/mol. The number of methoxy groups -OCH3 is 1. The average Bonchev–Trinajstić information content (AvgIpc) is 3.21. The van der Waals surface area contributed by atoms with Gasteiger partial charge in [-0.15, -0.1) is 0 Å². The maximum Gasteiger partial charge on any atom is 0.246 e. The van der Waals surface area contributed by atoms with Gasteiger partial charge in [0.1, 0.15) is 4.90 Å². The third-order valence-corrected chi connectivity index (χ3v) is 6.76. The quantitative estimate of drug-likeness (QED) is 0.555. The fraction of sp³-hybridized carbons (Fsp3) is 0.688. The predicted molar refractivity (Wildman–Crippen MR) is 95.2 cm³/mol. The van der Waals surface area contributed by atoms with E-state index in [1.807, 2.05) is 6.92 Å². The molecule has 1 unspecified atom stereocenters. The molecule has 2 aliphatic rings. The minimum absolute atomic E-state index is 0.109. The molecule has 1 aromatic rings. The summed E-state index contributed by atoms with van der Waals surface area (Å²) >= 11 is 0. The Hall–Kier alpha value is -1.98. The molecule has 0 aromatic carbocycles. The SMILES string of the molecule is CCn1cc(S(=O)(=O)N2CC(N3CC(C(=O)NCCOC)CC3=O)C2)cn1. The van der Waals surface area contributed by atoms with Crippen LogP contribution < -0.4 is 5.32 Å². The van der Waals surface area contributed by atoms with E-state index in [4.69, 9.17) is 4.74 Å². The number of sulfonamides is 1. The van der Waals surface area contributed by atoms with E-state index in [0.717, 1.165) is 0 Å².